The van der Waals surface area contributed by atoms with Gasteiger partial charge in [-0.3, -0.25) is 4.90 Å². The molecule has 0 fully saturated rings. The SMILES string of the molecule is N/C(=N/O)c1ccc(CN(CCO)CC(F)F)c(F)c1. The van der Waals surface area contributed by atoms with Crippen molar-refractivity contribution < 1.29 is 23.5 Å². The summed E-state index contributed by atoms with van der Waals surface area (Å²) in [6, 6.07) is 3.86. The summed E-state index contributed by atoms with van der Waals surface area (Å²) in [7, 11) is 0. The van der Waals surface area contributed by atoms with Gasteiger partial charge in [0.15, 0.2) is 5.84 Å². The molecule has 1 rings (SSSR count). The highest BCUT2D eigenvalue weighted by atomic mass is 19.3. The summed E-state index contributed by atoms with van der Waals surface area (Å²) in [5.74, 6) is -0.887. The molecule has 0 aliphatic heterocycles. The van der Waals surface area contributed by atoms with Crippen LogP contribution in [0.15, 0.2) is 23.4 Å². The summed E-state index contributed by atoms with van der Waals surface area (Å²) >= 11 is 0. The van der Waals surface area contributed by atoms with Gasteiger partial charge < -0.3 is 16.0 Å². The topological polar surface area (TPSA) is 82.1 Å². The van der Waals surface area contributed by atoms with Crippen LogP contribution in [0.25, 0.3) is 0 Å². The van der Waals surface area contributed by atoms with Crippen LogP contribution >= 0.6 is 0 Å². The van der Waals surface area contributed by atoms with Crippen molar-refractivity contribution in [2.24, 2.45) is 10.9 Å². The molecule has 20 heavy (non-hydrogen) atoms. The molecular formula is C12H16F3N3O2. The number of nitrogens with zero attached hydrogens (tertiary/aromatic N) is 2. The highest BCUT2D eigenvalue weighted by Crippen LogP contribution is 2.14. The first-order valence-corrected chi connectivity index (χ1v) is 5.85. The van der Waals surface area contributed by atoms with Crippen molar-refractivity contribution in [2.45, 2.75) is 13.0 Å². The number of halogens is 3. The summed E-state index contributed by atoms with van der Waals surface area (Å²) in [4.78, 5) is 1.24. The molecule has 0 amide bonds. The predicted molar refractivity (Wildman–Crippen MR) is 67.3 cm³/mol. The highest BCUT2D eigenvalue weighted by molar-refractivity contribution is 5.97. The third kappa shape index (κ3) is 4.71. The molecule has 0 aromatic heterocycles. The zero-order valence-electron chi connectivity index (χ0n) is 10.6. The second kappa shape index (κ2) is 7.71. The Hall–Kier alpha value is -1.80. The maximum absolute atomic E-state index is 13.8. The quantitative estimate of drug-likeness (QED) is 0.303. The number of hydrogen-bond acceptors (Lipinski definition) is 4. The van der Waals surface area contributed by atoms with Gasteiger partial charge in [0.1, 0.15) is 5.82 Å². The predicted octanol–water partition coefficient (Wildman–Crippen LogP) is 0.980. The van der Waals surface area contributed by atoms with Crippen molar-refractivity contribution in [3.63, 3.8) is 0 Å². The molecule has 4 N–H and O–H groups in total. The minimum atomic E-state index is -2.57. The molecule has 5 nitrogen and oxygen atoms in total. The molecule has 112 valence electrons. The Kier molecular flexibility index (Phi) is 6.26. The van der Waals surface area contributed by atoms with E-state index in [1.165, 1.54) is 17.0 Å². The average Bonchev–Trinajstić information content (AvgIpc) is 2.39. The first-order valence-electron chi connectivity index (χ1n) is 5.85. The van der Waals surface area contributed by atoms with Gasteiger partial charge in [-0.2, -0.15) is 0 Å². The number of rotatable bonds is 7. The highest BCUT2D eigenvalue weighted by Gasteiger charge is 2.14. The molecule has 0 radical (unpaired) electrons. The Balaban J connectivity index is 2.85. The summed E-state index contributed by atoms with van der Waals surface area (Å²) in [6.07, 6.45) is -2.57. The summed E-state index contributed by atoms with van der Waals surface area (Å²) < 4.78 is 38.5. The minimum absolute atomic E-state index is 0.0196. The van der Waals surface area contributed by atoms with E-state index in [1.54, 1.807) is 0 Å². The number of oxime groups is 1. The van der Waals surface area contributed by atoms with Gasteiger partial charge in [-0.25, -0.2) is 13.2 Å². The molecule has 0 bridgehead atoms. The lowest BCUT2D eigenvalue weighted by atomic mass is 10.1. The zero-order valence-corrected chi connectivity index (χ0v) is 10.6. The van der Waals surface area contributed by atoms with Gasteiger partial charge in [0.05, 0.1) is 13.2 Å². The summed E-state index contributed by atoms with van der Waals surface area (Å²) in [5, 5.41) is 20.0. The first-order chi connectivity index (χ1) is 9.47. The van der Waals surface area contributed by atoms with Crippen LogP contribution in [-0.4, -0.2) is 47.2 Å². The van der Waals surface area contributed by atoms with Crippen molar-refractivity contribution in [1.82, 2.24) is 4.90 Å². The van der Waals surface area contributed by atoms with Gasteiger partial charge in [-0.15, -0.1) is 0 Å². The molecule has 0 aliphatic carbocycles. The van der Waals surface area contributed by atoms with Crippen molar-refractivity contribution in [3.8, 4) is 0 Å². The Morgan fingerprint density at radius 1 is 1.40 bits per heavy atom. The second-order valence-electron chi connectivity index (χ2n) is 4.14. The molecule has 8 heteroatoms. The van der Waals surface area contributed by atoms with E-state index in [2.05, 4.69) is 5.16 Å². The number of amidine groups is 1. The van der Waals surface area contributed by atoms with Crippen molar-refractivity contribution >= 4 is 5.84 Å². The second-order valence-corrected chi connectivity index (χ2v) is 4.14. The molecule has 0 atom stereocenters. The van der Waals surface area contributed by atoms with Gasteiger partial charge in [0.2, 0.25) is 0 Å². The molecule has 0 heterocycles. The van der Waals surface area contributed by atoms with E-state index >= 15 is 0 Å². The molecule has 0 saturated carbocycles. The van der Waals surface area contributed by atoms with Crippen LogP contribution in [0.5, 0.6) is 0 Å². The van der Waals surface area contributed by atoms with Crippen LogP contribution in [0.1, 0.15) is 11.1 Å². The third-order valence-corrected chi connectivity index (χ3v) is 2.66. The van der Waals surface area contributed by atoms with E-state index in [1.807, 2.05) is 0 Å². The number of alkyl halides is 2. The van der Waals surface area contributed by atoms with Gasteiger partial charge in [0, 0.05) is 24.2 Å². The Morgan fingerprint density at radius 3 is 2.60 bits per heavy atom. The molecule has 1 aromatic rings. The average molecular weight is 291 g/mol. The molecule has 0 aliphatic rings. The molecule has 0 saturated heterocycles. The van der Waals surface area contributed by atoms with Crippen LogP contribution < -0.4 is 5.73 Å². The van der Waals surface area contributed by atoms with E-state index in [-0.39, 0.29) is 36.7 Å². The fourth-order valence-electron chi connectivity index (χ4n) is 1.71. The molecule has 0 unspecified atom stereocenters. The van der Waals surface area contributed by atoms with Crippen LogP contribution in [0.2, 0.25) is 0 Å². The zero-order chi connectivity index (χ0) is 15.1. The monoisotopic (exact) mass is 291 g/mol. The lowest BCUT2D eigenvalue weighted by Crippen LogP contribution is -2.31. The summed E-state index contributed by atoms with van der Waals surface area (Å²) in [6.45, 7) is -0.891. The number of aliphatic hydroxyl groups is 1. The molecule has 1 aromatic carbocycles. The third-order valence-electron chi connectivity index (χ3n) is 2.66. The van der Waals surface area contributed by atoms with E-state index in [0.717, 1.165) is 6.07 Å². The van der Waals surface area contributed by atoms with Gasteiger partial charge >= 0.3 is 0 Å². The van der Waals surface area contributed by atoms with Crippen molar-refractivity contribution in [1.29, 1.82) is 0 Å². The lowest BCUT2D eigenvalue weighted by molar-refractivity contribution is 0.0741. The molecule has 0 spiro atoms. The van der Waals surface area contributed by atoms with E-state index in [9.17, 15) is 13.2 Å². The Morgan fingerprint density at radius 2 is 2.10 bits per heavy atom. The van der Waals surface area contributed by atoms with Gasteiger partial charge in [-0.05, 0) is 6.07 Å². The number of hydrogen-bond donors (Lipinski definition) is 3. The van der Waals surface area contributed by atoms with Gasteiger partial charge in [0.25, 0.3) is 6.43 Å². The van der Waals surface area contributed by atoms with E-state index < -0.39 is 18.8 Å². The minimum Gasteiger partial charge on any atom is -0.409 e. The number of benzene rings is 1. The Labute approximate surface area is 114 Å². The maximum atomic E-state index is 13.8. The van der Waals surface area contributed by atoms with Crippen LogP contribution in [0, 0.1) is 5.82 Å². The normalized spacial score (nSPS) is 12.4. The largest absolute Gasteiger partial charge is 0.409 e. The maximum Gasteiger partial charge on any atom is 0.251 e. The van der Waals surface area contributed by atoms with E-state index in [0.29, 0.717) is 0 Å². The van der Waals surface area contributed by atoms with Crippen LogP contribution in [-0.2, 0) is 6.54 Å². The van der Waals surface area contributed by atoms with E-state index in [4.69, 9.17) is 16.0 Å². The number of nitrogens with two attached hydrogens (primary N) is 1. The standard InChI is InChI=1S/C12H16F3N3O2/c13-10-5-8(12(16)17-20)1-2-9(10)6-18(3-4-19)7-11(14)15/h1-2,5,11,19-20H,3-4,6-7H2,(H2,16,17). The van der Waals surface area contributed by atoms with Crippen molar-refractivity contribution in [3.05, 3.63) is 35.1 Å². The van der Waals surface area contributed by atoms with Gasteiger partial charge in [-0.1, -0.05) is 17.3 Å². The molecular weight excluding hydrogens is 275 g/mol. The fourth-order valence-corrected chi connectivity index (χ4v) is 1.71. The first kappa shape index (κ1) is 16.3. The van der Waals surface area contributed by atoms with Crippen LogP contribution in [0.3, 0.4) is 0 Å². The van der Waals surface area contributed by atoms with Crippen LogP contribution in [0.4, 0.5) is 13.2 Å². The summed E-state index contributed by atoms with van der Waals surface area (Å²) in [5.41, 5.74) is 5.70. The Bertz CT molecular complexity index is 469. The number of aliphatic hydroxyl groups excluding tert-OH is 1. The lowest BCUT2D eigenvalue weighted by Gasteiger charge is -2.21. The van der Waals surface area contributed by atoms with Crippen molar-refractivity contribution in [2.75, 3.05) is 19.7 Å². The fraction of sp³-hybridized carbons (Fsp3) is 0.417. The smallest absolute Gasteiger partial charge is 0.251 e.